The van der Waals surface area contributed by atoms with Gasteiger partial charge in [0.1, 0.15) is 5.75 Å². The highest BCUT2D eigenvalue weighted by Gasteiger charge is 2.21. The molecule has 0 radical (unpaired) electrons. The highest BCUT2D eigenvalue weighted by molar-refractivity contribution is 5.74. The van der Waals surface area contributed by atoms with Gasteiger partial charge >= 0.3 is 6.03 Å². The Morgan fingerprint density at radius 1 is 1.04 bits per heavy atom. The summed E-state index contributed by atoms with van der Waals surface area (Å²) in [6, 6.07) is 14.5. The number of aryl methyl sites for hydroxylation is 2. The van der Waals surface area contributed by atoms with Crippen molar-refractivity contribution in [2.24, 2.45) is 0 Å². The number of piperazine rings is 1. The average Bonchev–Trinajstić information content (AvgIpc) is 2.70. The third-order valence-corrected chi connectivity index (χ3v) is 5.29. The van der Waals surface area contributed by atoms with Crippen molar-refractivity contribution in [1.29, 1.82) is 0 Å². The van der Waals surface area contributed by atoms with E-state index in [1.165, 1.54) is 16.8 Å². The number of urea groups is 1. The van der Waals surface area contributed by atoms with Crippen molar-refractivity contribution < 1.29 is 9.53 Å². The first-order valence-corrected chi connectivity index (χ1v) is 9.55. The van der Waals surface area contributed by atoms with Crippen molar-refractivity contribution in [3.8, 4) is 5.75 Å². The number of ether oxygens (including phenoxy) is 1. The molecule has 1 saturated heterocycles. The minimum absolute atomic E-state index is 0.0182. The second kappa shape index (κ2) is 8.80. The minimum Gasteiger partial charge on any atom is -0.496 e. The summed E-state index contributed by atoms with van der Waals surface area (Å²) in [4.78, 5) is 16.7. The van der Waals surface area contributed by atoms with Gasteiger partial charge in [0.05, 0.1) is 7.11 Å². The number of nitrogens with zero attached hydrogens (tertiary/aromatic N) is 2. The summed E-state index contributed by atoms with van der Waals surface area (Å²) in [7, 11) is 1.67. The van der Waals surface area contributed by atoms with Gasteiger partial charge in [-0.3, -0.25) is 0 Å². The summed E-state index contributed by atoms with van der Waals surface area (Å²) in [6.45, 7) is 8.10. The molecule has 1 N–H and O–H groups in total. The van der Waals surface area contributed by atoms with Gasteiger partial charge in [-0.15, -0.1) is 0 Å². The van der Waals surface area contributed by atoms with Gasteiger partial charge in [0.15, 0.2) is 0 Å². The van der Waals surface area contributed by atoms with Crippen molar-refractivity contribution in [3.63, 3.8) is 0 Å². The molecular formula is C22H29N3O2. The van der Waals surface area contributed by atoms with Crippen LogP contribution in [-0.2, 0) is 6.42 Å². The molecule has 3 rings (SSSR count). The Kier molecular flexibility index (Phi) is 6.22. The Bertz CT molecular complexity index is 783. The molecule has 1 heterocycles. The molecule has 1 fully saturated rings. The van der Waals surface area contributed by atoms with Crippen molar-refractivity contribution in [1.82, 2.24) is 10.2 Å². The first-order valence-electron chi connectivity index (χ1n) is 9.55. The Labute approximate surface area is 161 Å². The fourth-order valence-electron chi connectivity index (χ4n) is 3.42. The van der Waals surface area contributed by atoms with Crippen LogP contribution in [0.15, 0.2) is 42.5 Å². The van der Waals surface area contributed by atoms with Gasteiger partial charge in [0.2, 0.25) is 0 Å². The lowest BCUT2D eigenvalue weighted by molar-refractivity contribution is 0.194. The van der Waals surface area contributed by atoms with E-state index in [1.807, 2.05) is 29.2 Å². The number of hydrogen-bond acceptors (Lipinski definition) is 3. The van der Waals surface area contributed by atoms with Crippen LogP contribution in [0.25, 0.3) is 0 Å². The molecule has 2 aromatic rings. The van der Waals surface area contributed by atoms with Crippen LogP contribution >= 0.6 is 0 Å². The zero-order chi connectivity index (χ0) is 19.2. The van der Waals surface area contributed by atoms with Crippen molar-refractivity contribution in [2.75, 3.05) is 44.7 Å². The van der Waals surface area contributed by atoms with E-state index < -0.39 is 0 Å². The van der Waals surface area contributed by atoms with Crippen LogP contribution in [0.5, 0.6) is 5.75 Å². The number of amides is 2. The van der Waals surface area contributed by atoms with E-state index in [-0.39, 0.29) is 6.03 Å². The fraction of sp³-hybridized carbons (Fsp3) is 0.409. The molecule has 1 aliphatic heterocycles. The highest BCUT2D eigenvalue weighted by atomic mass is 16.5. The van der Waals surface area contributed by atoms with Gasteiger partial charge < -0.3 is 19.9 Å². The topological polar surface area (TPSA) is 44.8 Å². The van der Waals surface area contributed by atoms with Crippen LogP contribution in [-0.4, -0.2) is 50.8 Å². The van der Waals surface area contributed by atoms with Crippen molar-refractivity contribution in [2.45, 2.75) is 20.3 Å². The van der Waals surface area contributed by atoms with Gasteiger partial charge in [-0.1, -0.05) is 24.3 Å². The number of benzene rings is 2. The Morgan fingerprint density at radius 3 is 2.48 bits per heavy atom. The minimum atomic E-state index is 0.0182. The molecule has 0 aliphatic carbocycles. The lowest BCUT2D eigenvalue weighted by Gasteiger charge is -2.36. The van der Waals surface area contributed by atoms with Crippen LogP contribution < -0.4 is 15.0 Å². The van der Waals surface area contributed by atoms with Crippen molar-refractivity contribution >= 4 is 11.7 Å². The van der Waals surface area contributed by atoms with Gasteiger partial charge in [-0.05, 0) is 55.2 Å². The molecule has 27 heavy (non-hydrogen) atoms. The molecule has 0 atom stereocenters. The summed E-state index contributed by atoms with van der Waals surface area (Å²) in [5.41, 5.74) is 4.98. The second-order valence-electron chi connectivity index (χ2n) is 7.04. The molecule has 0 spiro atoms. The van der Waals surface area contributed by atoms with Crippen molar-refractivity contribution in [3.05, 3.63) is 59.2 Å². The van der Waals surface area contributed by atoms with Gasteiger partial charge in [0, 0.05) is 38.4 Å². The van der Waals surface area contributed by atoms with E-state index in [0.717, 1.165) is 43.9 Å². The predicted molar refractivity (Wildman–Crippen MR) is 110 cm³/mol. The lowest BCUT2D eigenvalue weighted by atomic mass is 10.1. The molecule has 0 unspecified atom stereocenters. The molecule has 0 bridgehead atoms. The monoisotopic (exact) mass is 367 g/mol. The second-order valence-corrected chi connectivity index (χ2v) is 7.04. The summed E-state index contributed by atoms with van der Waals surface area (Å²) < 4.78 is 5.36. The molecule has 144 valence electrons. The maximum atomic E-state index is 12.4. The molecule has 1 aliphatic rings. The standard InChI is InChI=1S/C22H29N3O2/c1-17-8-9-20(16-18(17)2)24-12-14-25(15-13-24)22(26)23-11-10-19-6-4-5-7-21(19)27-3/h4-9,16H,10-15H2,1-3H3,(H,23,26). The first kappa shape index (κ1) is 19.1. The molecule has 5 nitrogen and oxygen atoms in total. The van der Waals surface area contributed by atoms with Gasteiger partial charge in [-0.2, -0.15) is 0 Å². The largest absolute Gasteiger partial charge is 0.496 e. The molecule has 5 heteroatoms. The highest BCUT2D eigenvalue weighted by Crippen LogP contribution is 2.20. The third kappa shape index (κ3) is 4.73. The lowest BCUT2D eigenvalue weighted by Crippen LogP contribution is -2.52. The summed E-state index contributed by atoms with van der Waals surface area (Å²) >= 11 is 0. The van der Waals surface area contributed by atoms with E-state index in [4.69, 9.17) is 4.74 Å². The molecular weight excluding hydrogens is 338 g/mol. The Morgan fingerprint density at radius 2 is 1.78 bits per heavy atom. The van der Waals surface area contributed by atoms with Crippen LogP contribution in [0.3, 0.4) is 0 Å². The number of methoxy groups -OCH3 is 1. The quantitative estimate of drug-likeness (QED) is 0.881. The van der Waals surface area contributed by atoms with Crippen LogP contribution in [0.4, 0.5) is 10.5 Å². The Hall–Kier alpha value is -2.69. The predicted octanol–water partition coefficient (Wildman–Crippen LogP) is 3.39. The zero-order valence-electron chi connectivity index (χ0n) is 16.5. The number of rotatable bonds is 5. The van der Waals surface area contributed by atoms with Crippen LogP contribution in [0, 0.1) is 13.8 Å². The number of carbonyl (C=O) groups excluding carboxylic acids is 1. The normalized spacial score (nSPS) is 14.2. The van der Waals surface area contributed by atoms with Gasteiger partial charge in [-0.25, -0.2) is 4.79 Å². The number of nitrogens with one attached hydrogen (secondary N) is 1. The summed E-state index contributed by atoms with van der Waals surface area (Å²) in [5.74, 6) is 0.869. The summed E-state index contributed by atoms with van der Waals surface area (Å²) in [6.07, 6.45) is 0.762. The van der Waals surface area contributed by atoms with E-state index >= 15 is 0 Å². The average molecular weight is 367 g/mol. The van der Waals surface area contributed by atoms with E-state index in [0.29, 0.717) is 6.54 Å². The third-order valence-electron chi connectivity index (χ3n) is 5.29. The zero-order valence-corrected chi connectivity index (χ0v) is 16.5. The van der Waals surface area contributed by atoms with Gasteiger partial charge in [0.25, 0.3) is 0 Å². The fourth-order valence-corrected chi connectivity index (χ4v) is 3.42. The van der Waals surface area contributed by atoms with E-state index in [2.05, 4.69) is 42.3 Å². The SMILES string of the molecule is COc1ccccc1CCNC(=O)N1CCN(c2ccc(C)c(C)c2)CC1. The number of anilines is 1. The summed E-state index contributed by atoms with van der Waals surface area (Å²) in [5, 5.41) is 3.04. The molecule has 0 saturated carbocycles. The maximum absolute atomic E-state index is 12.4. The van der Waals surface area contributed by atoms with Crippen LogP contribution in [0.2, 0.25) is 0 Å². The molecule has 2 aromatic carbocycles. The van der Waals surface area contributed by atoms with E-state index in [1.54, 1.807) is 7.11 Å². The molecule has 0 aromatic heterocycles. The van der Waals surface area contributed by atoms with E-state index in [9.17, 15) is 4.79 Å². The number of hydrogen-bond donors (Lipinski definition) is 1. The Balaban J connectivity index is 1.46. The smallest absolute Gasteiger partial charge is 0.317 e. The maximum Gasteiger partial charge on any atom is 0.317 e. The number of carbonyl (C=O) groups is 1. The van der Waals surface area contributed by atoms with Crippen LogP contribution in [0.1, 0.15) is 16.7 Å². The first-order chi connectivity index (χ1) is 13.1. The molecule has 2 amide bonds. The number of para-hydroxylation sites is 1.